The summed E-state index contributed by atoms with van der Waals surface area (Å²) in [5.74, 6) is 5.35. The van der Waals surface area contributed by atoms with Crippen molar-refractivity contribution in [2.24, 2.45) is 35.1 Å². The minimum atomic E-state index is 0.0840. The van der Waals surface area contributed by atoms with E-state index in [-0.39, 0.29) is 5.41 Å². The zero-order chi connectivity index (χ0) is 30.1. The van der Waals surface area contributed by atoms with Crippen molar-refractivity contribution >= 4 is 22.2 Å². The van der Waals surface area contributed by atoms with Crippen LogP contribution in [0.25, 0.3) is 33.3 Å². The molecule has 4 saturated carbocycles. The van der Waals surface area contributed by atoms with E-state index < -0.39 is 0 Å². The molecule has 0 saturated heterocycles. The standard InChI is InChI=1S/C42H38N2O/c43-38(18-19-39(44)35-9-5-7-29-6-1-2-8-34(29)35)30-14-12-28(13-15-30)31-16-17-37-41(25-31)45-40-11-4-3-10-36(40)42(37)32-21-26-20-27(23-32)24-33(42)22-26/h1-19,25-27,32-33H,20-24,43-44H2/b38-18-,39-19-. The molecule has 3 nitrogen and oxygen atoms in total. The van der Waals surface area contributed by atoms with Crippen molar-refractivity contribution in [2.45, 2.75) is 37.5 Å². The Morgan fingerprint density at radius 3 is 2.04 bits per heavy atom. The minimum Gasteiger partial charge on any atom is -0.457 e. The van der Waals surface area contributed by atoms with Gasteiger partial charge in [-0.2, -0.15) is 0 Å². The summed E-state index contributed by atoms with van der Waals surface area (Å²) in [4.78, 5) is 0. The summed E-state index contributed by atoms with van der Waals surface area (Å²) in [6.45, 7) is 0. The maximum Gasteiger partial charge on any atom is 0.132 e. The zero-order valence-electron chi connectivity index (χ0n) is 25.5. The van der Waals surface area contributed by atoms with Gasteiger partial charge in [-0.3, -0.25) is 0 Å². The number of hydrogen-bond donors (Lipinski definition) is 2. The van der Waals surface area contributed by atoms with Gasteiger partial charge in [0, 0.05) is 33.5 Å². The van der Waals surface area contributed by atoms with Crippen molar-refractivity contribution in [3.05, 3.63) is 144 Å². The second-order valence-electron chi connectivity index (χ2n) is 13.8. The summed E-state index contributed by atoms with van der Waals surface area (Å²) in [7, 11) is 0. The van der Waals surface area contributed by atoms with E-state index in [9.17, 15) is 0 Å². The molecule has 1 spiro atoms. The van der Waals surface area contributed by atoms with E-state index in [1.807, 2.05) is 30.4 Å². The normalized spacial score (nSPS) is 26.5. The summed E-state index contributed by atoms with van der Waals surface area (Å²) in [6, 6.07) is 38.9. The molecule has 3 heteroatoms. The number of para-hydroxylation sites is 1. The number of rotatable bonds is 4. The van der Waals surface area contributed by atoms with Crippen LogP contribution >= 0.6 is 0 Å². The molecule has 0 aromatic heterocycles. The molecule has 0 unspecified atom stereocenters. The molecule has 4 N–H and O–H groups in total. The van der Waals surface area contributed by atoms with Gasteiger partial charge < -0.3 is 16.2 Å². The Bertz CT molecular complexity index is 1980. The summed E-state index contributed by atoms with van der Waals surface area (Å²) < 4.78 is 6.70. The Labute approximate surface area is 265 Å². The van der Waals surface area contributed by atoms with E-state index >= 15 is 0 Å². The third-order valence-electron chi connectivity index (χ3n) is 11.5. The van der Waals surface area contributed by atoms with Crippen molar-refractivity contribution in [1.82, 2.24) is 0 Å². The molecule has 4 bridgehead atoms. The second-order valence-corrected chi connectivity index (χ2v) is 13.8. The molecule has 5 aliphatic rings. The van der Waals surface area contributed by atoms with Crippen LogP contribution in [-0.4, -0.2) is 0 Å². The van der Waals surface area contributed by atoms with Crippen molar-refractivity contribution in [1.29, 1.82) is 0 Å². The molecule has 222 valence electrons. The molecular formula is C42H38N2O. The van der Waals surface area contributed by atoms with Gasteiger partial charge >= 0.3 is 0 Å². The first-order chi connectivity index (χ1) is 22.1. The predicted octanol–water partition coefficient (Wildman–Crippen LogP) is 9.65. The Morgan fingerprint density at radius 1 is 0.600 bits per heavy atom. The number of fused-ring (bicyclic) bond motifs is 3. The summed E-state index contributed by atoms with van der Waals surface area (Å²) >= 11 is 0. The van der Waals surface area contributed by atoms with E-state index in [4.69, 9.17) is 16.2 Å². The molecule has 0 amide bonds. The largest absolute Gasteiger partial charge is 0.457 e. The van der Waals surface area contributed by atoms with Crippen LogP contribution in [0.1, 0.15) is 54.4 Å². The fraction of sp³-hybridized carbons (Fsp3) is 0.238. The minimum absolute atomic E-state index is 0.0840. The van der Waals surface area contributed by atoms with E-state index in [0.717, 1.165) is 45.4 Å². The first-order valence-electron chi connectivity index (χ1n) is 16.5. The molecule has 0 radical (unpaired) electrons. The van der Waals surface area contributed by atoms with Crippen LogP contribution in [0.3, 0.4) is 0 Å². The van der Waals surface area contributed by atoms with Crippen LogP contribution in [0.15, 0.2) is 121 Å². The van der Waals surface area contributed by atoms with Gasteiger partial charge in [-0.05, 0) is 108 Å². The van der Waals surface area contributed by atoms with Crippen LogP contribution in [0.2, 0.25) is 0 Å². The van der Waals surface area contributed by atoms with Crippen molar-refractivity contribution in [2.75, 3.05) is 0 Å². The molecule has 4 aliphatic carbocycles. The molecule has 4 fully saturated rings. The topological polar surface area (TPSA) is 61.3 Å². The van der Waals surface area contributed by atoms with E-state index in [1.54, 1.807) is 0 Å². The summed E-state index contributed by atoms with van der Waals surface area (Å²) in [6.07, 6.45) is 10.7. The highest BCUT2D eigenvalue weighted by atomic mass is 16.5. The monoisotopic (exact) mass is 586 g/mol. The highest BCUT2D eigenvalue weighted by Crippen LogP contribution is 2.68. The van der Waals surface area contributed by atoms with Crippen molar-refractivity contribution in [3.8, 4) is 22.6 Å². The van der Waals surface area contributed by atoms with Gasteiger partial charge in [0.05, 0.1) is 0 Å². The lowest BCUT2D eigenvalue weighted by molar-refractivity contribution is -0.0452. The van der Waals surface area contributed by atoms with Gasteiger partial charge in [0.2, 0.25) is 0 Å². The van der Waals surface area contributed by atoms with Crippen LogP contribution in [-0.2, 0) is 5.41 Å². The molecule has 10 rings (SSSR count). The lowest BCUT2D eigenvalue weighted by Crippen LogP contribution is -2.56. The average molecular weight is 587 g/mol. The summed E-state index contributed by atoms with van der Waals surface area (Å²) in [5.41, 5.74) is 21.7. The molecule has 5 aromatic carbocycles. The Kier molecular flexibility index (Phi) is 6.00. The third kappa shape index (κ3) is 4.10. The molecule has 0 atom stereocenters. The number of benzene rings is 5. The Hall–Kier alpha value is -4.76. The second kappa shape index (κ2) is 10.1. The number of allylic oxidation sites excluding steroid dienone is 2. The lowest BCUT2D eigenvalue weighted by atomic mass is 9.42. The Morgan fingerprint density at radius 2 is 1.24 bits per heavy atom. The lowest BCUT2D eigenvalue weighted by Gasteiger charge is -2.63. The quantitative estimate of drug-likeness (QED) is 0.206. The maximum atomic E-state index is 6.70. The van der Waals surface area contributed by atoms with Gasteiger partial charge in [-0.25, -0.2) is 0 Å². The van der Waals surface area contributed by atoms with Crippen LogP contribution in [0.4, 0.5) is 0 Å². The van der Waals surface area contributed by atoms with E-state index in [2.05, 4.69) is 91.0 Å². The molecular weight excluding hydrogens is 548 g/mol. The predicted molar refractivity (Wildman–Crippen MR) is 184 cm³/mol. The van der Waals surface area contributed by atoms with Crippen LogP contribution in [0.5, 0.6) is 11.5 Å². The summed E-state index contributed by atoms with van der Waals surface area (Å²) in [5, 5.41) is 2.31. The van der Waals surface area contributed by atoms with E-state index in [0.29, 0.717) is 23.2 Å². The first-order valence-corrected chi connectivity index (χ1v) is 16.5. The maximum absolute atomic E-state index is 6.70. The third-order valence-corrected chi connectivity index (χ3v) is 11.5. The van der Waals surface area contributed by atoms with Gasteiger partial charge in [0.1, 0.15) is 11.5 Å². The number of nitrogens with two attached hydrogens (primary N) is 2. The molecule has 45 heavy (non-hydrogen) atoms. The Balaban J connectivity index is 1.03. The smallest absolute Gasteiger partial charge is 0.132 e. The molecule has 1 heterocycles. The van der Waals surface area contributed by atoms with Crippen LogP contribution < -0.4 is 16.2 Å². The van der Waals surface area contributed by atoms with Crippen LogP contribution in [0, 0.1) is 23.7 Å². The van der Waals surface area contributed by atoms with E-state index in [1.165, 1.54) is 54.2 Å². The van der Waals surface area contributed by atoms with Gasteiger partial charge in [-0.1, -0.05) is 97.1 Å². The SMILES string of the molecule is N/C(=C\C=C(/N)c1cccc2ccccc12)c1ccc(-c2ccc3c(c2)Oc2ccccc2C32C3CC4CC(C3)CC2C4)cc1. The number of hydrogen-bond acceptors (Lipinski definition) is 3. The highest BCUT2D eigenvalue weighted by molar-refractivity contribution is 5.93. The van der Waals surface area contributed by atoms with Crippen molar-refractivity contribution in [3.63, 3.8) is 0 Å². The fourth-order valence-electron chi connectivity index (χ4n) is 9.79. The van der Waals surface area contributed by atoms with Gasteiger partial charge in [0.25, 0.3) is 0 Å². The average Bonchev–Trinajstić information content (AvgIpc) is 3.08. The van der Waals surface area contributed by atoms with Crippen molar-refractivity contribution < 1.29 is 4.74 Å². The van der Waals surface area contributed by atoms with Gasteiger partial charge in [-0.15, -0.1) is 0 Å². The highest BCUT2D eigenvalue weighted by Gasteiger charge is 2.61. The van der Waals surface area contributed by atoms with Gasteiger partial charge in [0.15, 0.2) is 0 Å². The zero-order valence-corrected chi connectivity index (χ0v) is 25.5. The molecule has 1 aliphatic heterocycles. The fourth-order valence-corrected chi connectivity index (χ4v) is 9.79. The first kappa shape index (κ1) is 26.6. The number of ether oxygens (including phenoxy) is 1. The molecule has 5 aromatic rings.